The van der Waals surface area contributed by atoms with Crippen LogP contribution in [0.15, 0.2) is 12.3 Å². The number of nitrogens with one attached hydrogen (secondary N) is 1. The minimum atomic E-state index is 0.125. The standard InChI is InChI=1S/C13H24N4O/c1-10(2)17(5)9-8-15-13-14-7-6-12(16-13)18-11(3)4/h6-7,10-11H,8-9H2,1-5H3,(H,14,15,16). The fourth-order valence-electron chi connectivity index (χ4n) is 1.34. The van der Waals surface area contributed by atoms with E-state index in [1.54, 1.807) is 12.3 Å². The van der Waals surface area contributed by atoms with Crippen molar-refractivity contribution in [3.8, 4) is 5.88 Å². The van der Waals surface area contributed by atoms with Crippen molar-refractivity contribution < 1.29 is 4.74 Å². The van der Waals surface area contributed by atoms with Crippen LogP contribution in [0.25, 0.3) is 0 Å². The molecule has 1 aromatic heterocycles. The number of anilines is 1. The lowest BCUT2D eigenvalue weighted by Crippen LogP contribution is -2.31. The second kappa shape index (κ2) is 7.16. The number of likely N-dealkylation sites (N-methyl/N-ethyl adjacent to an activating group) is 1. The van der Waals surface area contributed by atoms with Crippen molar-refractivity contribution >= 4 is 5.95 Å². The highest BCUT2D eigenvalue weighted by Crippen LogP contribution is 2.09. The Morgan fingerprint density at radius 2 is 2.06 bits per heavy atom. The number of rotatable bonds is 7. The van der Waals surface area contributed by atoms with Gasteiger partial charge >= 0.3 is 0 Å². The molecule has 0 saturated heterocycles. The topological polar surface area (TPSA) is 50.3 Å². The van der Waals surface area contributed by atoms with Gasteiger partial charge in [-0.05, 0) is 34.7 Å². The van der Waals surface area contributed by atoms with Crippen LogP contribution < -0.4 is 10.1 Å². The molecule has 0 aromatic carbocycles. The molecule has 1 N–H and O–H groups in total. The zero-order valence-electron chi connectivity index (χ0n) is 12.0. The first-order valence-corrected chi connectivity index (χ1v) is 6.43. The Balaban J connectivity index is 2.42. The summed E-state index contributed by atoms with van der Waals surface area (Å²) in [6, 6.07) is 2.31. The normalized spacial score (nSPS) is 11.3. The van der Waals surface area contributed by atoms with Crippen molar-refractivity contribution in [2.24, 2.45) is 0 Å². The predicted molar refractivity (Wildman–Crippen MR) is 74.1 cm³/mol. The molecule has 0 aliphatic heterocycles. The number of hydrogen-bond acceptors (Lipinski definition) is 5. The molecule has 0 spiro atoms. The largest absolute Gasteiger partial charge is 0.475 e. The zero-order valence-corrected chi connectivity index (χ0v) is 12.0. The average Bonchev–Trinajstić information content (AvgIpc) is 2.28. The van der Waals surface area contributed by atoms with Gasteiger partial charge in [0.05, 0.1) is 6.10 Å². The van der Waals surface area contributed by atoms with Crippen LogP contribution in [0.1, 0.15) is 27.7 Å². The molecule has 5 nitrogen and oxygen atoms in total. The van der Waals surface area contributed by atoms with E-state index in [-0.39, 0.29) is 6.10 Å². The fourth-order valence-corrected chi connectivity index (χ4v) is 1.34. The molecule has 18 heavy (non-hydrogen) atoms. The molecule has 5 heteroatoms. The molecule has 0 unspecified atom stereocenters. The van der Waals surface area contributed by atoms with Crippen LogP contribution in [0.5, 0.6) is 5.88 Å². The van der Waals surface area contributed by atoms with Crippen LogP contribution in [-0.4, -0.2) is 47.2 Å². The van der Waals surface area contributed by atoms with Crippen LogP contribution >= 0.6 is 0 Å². The molecular weight excluding hydrogens is 228 g/mol. The maximum absolute atomic E-state index is 5.52. The summed E-state index contributed by atoms with van der Waals surface area (Å²) in [6.07, 6.45) is 1.83. The maximum atomic E-state index is 5.52. The Morgan fingerprint density at radius 3 is 2.67 bits per heavy atom. The minimum absolute atomic E-state index is 0.125. The Kier molecular flexibility index (Phi) is 5.85. The number of nitrogens with zero attached hydrogens (tertiary/aromatic N) is 3. The number of aromatic nitrogens is 2. The Bertz CT molecular complexity index is 355. The summed E-state index contributed by atoms with van der Waals surface area (Å²) in [4.78, 5) is 10.7. The highest BCUT2D eigenvalue weighted by atomic mass is 16.5. The van der Waals surface area contributed by atoms with Gasteiger partial charge in [-0.25, -0.2) is 4.98 Å². The first kappa shape index (κ1) is 14.7. The number of ether oxygens (including phenoxy) is 1. The summed E-state index contributed by atoms with van der Waals surface area (Å²) in [5.74, 6) is 1.23. The molecule has 0 bridgehead atoms. The summed E-state index contributed by atoms with van der Waals surface area (Å²) in [5.41, 5.74) is 0. The molecule has 1 heterocycles. The van der Waals surface area contributed by atoms with Crippen molar-refractivity contribution in [2.45, 2.75) is 39.8 Å². The first-order valence-electron chi connectivity index (χ1n) is 6.43. The summed E-state index contributed by atoms with van der Waals surface area (Å²) in [6.45, 7) is 10.1. The van der Waals surface area contributed by atoms with Crippen LogP contribution in [0.3, 0.4) is 0 Å². The molecular formula is C13H24N4O. The van der Waals surface area contributed by atoms with Gasteiger partial charge in [-0.15, -0.1) is 0 Å². The molecule has 0 saturated carbocycles. The van der Waals surface area contributed by atoms with Crippen molar-refractivity contribution in [3.05, 3.63) is 12.3 Å². The van der Waals surface area contributed by atoms with E-state index in [1.165, 1.54) is 0 Å². The Morgan fingerprint density at radius 1 is 1.33 bits per heavy atom. The molecule has 1 aromatic rings. The lowest BCUT2D eigenvalue weighted by molar-refractivity contribution is 0.232. The van der Waals surface area contributed by atoms with Crippen LogP contribution in [0.4, 0.5) is 5.95 Å². The van der Waals surface area contributed by atoms with Gasteiger partial charge in [0.2, 0.25) is 11.8 Å². The first-order chi connectivity index (χ1) is 8.49. The average molecular weight is 252 g/mol. The van der Waals surface area contributed by atoms with Crippen molar-refractivity contribution in [1.29, 1.82) is 0 Å². The van der Waals surface area contributed by atoms with Crippen molar-refractivity contribution in [1.82, 2.24) is 14.9 Å². The second-order valence-corrected chi connectivity index (χ2v) is 4.89. The van der Waals surface area contributed by atoms with E-state index in [9.17, 15) is 0 Å². The van der Waals surface area contributed by atoms with Gasteiger partial charge in [0, 0.05) is 31.4 Å². The van der Waals surface area contributed by atoms with E-state index in [4.69, 9.17) is 4.74 Å². The highest BCUT2D eigenvalue weighted by molar-refractivity contribution is 5.27. The minimum Gasteiger partial charge on any atom is -0.475 e. The zero-order chi connectivity index (χ0) is 13.5. The quantitative estimate of drug-likeness (QED) is 0.804. The lowest BCUT2D eigenvalue weighted by atomic mass is 10.3. The third kappa shape index (κ3) is 5.31. The molecule has 1 rings (SSSR count). The van der Waals surface area contributed by atoms with Gasteiger partial charge in [-0.3, -0.25) is 0 Å². The van der Waals surface area contributed by atoms with Crippen LogP contribution in [0.2, 0.25) is 0 Å². The van der Waals surface area contributed by atoms with Crippen molar-refractivity contribution in [3.63, 3.8) is 0 Å². The van der Waals surface area contributed by atoms with E-state index < -0.39 is 0 Å². The Labute approximate surface area is 110 Å². The predicted octanol–water partition coefficient (Wildman–Crippen LogP) is 2.02. The second-order valence-electron chi connectivity index (χ2n) is 4.89. The van der Waals surface area contributed by atoms with Gasteiger partial charge in [0.1, 0.15) is 0 Å². The summed E-state index contributed by atoms with van der Waals surface area (Å²) in [5, 5.41) is 3.20. The van der Waals surface area contributed by atoms with Gasteiger partial charge in [-0.2, -0.15) is 4.98 Å². The molecule has 0 amide bonds. The third-order valence-corrected chi connectivity index (χ3v) is 2.62. The van der Waals surface area contributed by atoms with Crippen LogP contribution in [-0.2, 0) is 0 Å². The fraction of sp³-hybridized carbons (Fsp3) is 0.692. The van der Waals surface area contributed by atoms with E-state index in [2.05, 4.69) is 41.1 Å². The summed E-state index contributed by atoms with van der Waals surface area (Å²) >= 11 is 0. The monoisotopic (exact) mass is 252 g/mol. The van der Waals surface area contributed by atoms with Gasteiger partial charge < -0.3 is 15.0 Å². The molecule has 0 atom stereocenters. The van der Waals surface area contributed by atoms with E-state index in [1.807, 2.05) is 13.8 Å². The smallest absolute Gasteiger partial charge is 0.225 e. The van der Waals surface area contributed by atoms with E-state index >= 15 is 0 Å². The lowest BCUT2D eigenvalue weighted by Gasteiger charge is -2.20. The molecule has 102 valence electrons. The molecule has 0 radical (unpaired) electrons. The molecule has 0 aliphatic rings. The Hall–Kier alpha value is -1.36. The van der Waals surface area contributed by atoms with Gasteiger partial charge in [0.15, 0.2) is 0 Å². The number of hydrogen-bond donors (Lipinski definition) is 1. The van der Waals surface area contributed by atoms with E-state index in [0.29, 0.717) is 17.9 Å². The highest BCUT2D eigenvalue weighted by Gasteiger charge is 2.04. The van der Waals surface area contributed by atoms with Crippen LogP contribution in [0, 0.1) is 0 Å². The van der Waals surface area contributed by atoms with E-state index in [0.717, 1.165) is 13.1 Å². The summed E-state index contributed by atoms with van der Waals surface area (Å²) in [7, 11) is 2.10. The molecule has 0 aliphatic carbocycles. The van der Waals surface area contributed by atoms with Gasteiger partial charge in [0.25, 0.3) is 0 Å². The van der Waals surface area contributed by atoms with Crippen molar-refractivity contribution in [2.75, 3.05) is 25.5 Å². The third-order valence-electron chi connectivity index (χ3n) is 2.62. The SMILES string of the molecule is CC(C)Oc1ccnc(NCCN(C)C(C)C)n1. The summed E-state index contributed by atoms with van der Waals surface area (Å²) < 4.78 is 5.52. The molecule has 0 fully saturated rings. The maximum Gasteiger partial charge on any atom is 0.225 e. The van der Waals surface area contributed by atoms with Gasteiger partial charge in [-0.1, -0.05) is 0 Å².